The molecule has 0 spiro atoms. The molecule has 4 amide bonds. The molecule has 0 aromatic heterocycles. The molecule has 0 radical (unpaired) electrons. The van der Waals surface area contributed by atoms with Crippen molar-refractivity contribution in [3.63, 3.8) is 0 Å². The third-order valence-electron chi connectivity index (χ3n) is 6.51. The fourth-order valence-electron chi connectivity index (χ4n) is 4.36. The Morgan fingerprint density at radius 1 is 0.902 bits per heavy atom. The maximum absolute atomic E-state index is 12.9. The highest BCUT2D eigenvalue weighted by atomic mass is 16.5. The summed E-state index contributed by atoms with van der Waals surface area (Å²) in [7, 11) is 0. The van der Waals surface area contributed by atoms with Crippen molar-refractivity contribution in [2.24, 2.45) is 0 Å². The van der Waals surface area contributed by atoms with Gasteiger partial charge in [0.15, 0.2) is 0 Å². The van der Waals surface area contributed by atoms with Gasteiger partial charge in [0.2, 0.25) is 17.7 Å². The molecule has 1 aliphatic heterocycles. The van der Waals surface area contributed by atoms with Crippen LogP contribution < -0.4 is 31.3 Å². The highest BCUT2D eigenvalue weighted by molar-refractivity contribution is 6.01. The maximum Gasteiger partial charge on any atom is 0.253 e. The normalized spacial score (nSPS) is 14.4. The van der Waals surface area contributed by atoms with E-state index in [-0.39, 0.29) is 36.7 Å². The van der Waals surface area contributed by atoms with Crippen molar-refractivity contribution >= 4 is 35.0 Å². The molecule has 41 heavy (non-hydrogen) atoms. The molecular formula is C31H35N5O5. The molecule has 3 aromatic rings. The Balaban J connectivity index is 1.20. The number of carbonyl (C=O) groups excluding carboxylic acids is 4. The molecule has 0 bridgehead atoms. The van der Waals surface area contributed by atoms with Crippen LogP contribution in [0.4, 0.5) is 11.4 Å². The molecule has 0 saturated carbocycles. The van der Waals surface area contributed by atoms with Gasteiger partial charge < -0.3 is 31.3 Å². The first-order valence-electron chi connectivity index (χ1n) is 13.7. The van der Waals surface area contributed by atoms with Crippen LogP contribution in [0.1, 0.15) is 35.2 Å². The number of benzene rings is 3. The average molecular weight is 558 g/mol. The van der Waals surface area contributed by atoms with Gasteiger partial charge in [0, 0.05) is 24.7 Å². The predicted octanol–water partition coefficient (Wildman–Crippen LogP) is 2.68. The first-order chi connectivity index (χ1) is 20.0. The van der Waals surface area contributed by atoms with Gasteiger partial charge in [0.05, 0.1) is 30.9 Å². The lowest BCUT2D eigenvalue weighted by Gasteiger charge is -2.22. The summed E-state index contributed by atoms with van der Waals surface area (Å²) < 4.78 is 5.92. The second-order valence-electron chi connectivity index (χ2n) is 9.65. The van der Waals surface area contributed by atoms with E-state index in [0.717, 1.165) is 17.9 Å². The largest absolute Gasteiger partial charge is 0.493 e. The lowest BCUT2D eigenvalue weighted by molar-refractivity contribution is -0.133. The number of anilines is 2. The fourth-order valence-corrected chi connectivity index (χ4v) is 4.36. The van der Waals surface area contributed by atoms with Crippen LogP contribution in [0.25, 0.3) is 0 Å². The number of rotatable bonds is 14. The maximum atomic E-state index is 12.9. The number of hydrogen-bond donors (Lipinski definition) is 5. The summed E-state index contributed by atoms with van der Waals surface area (Å²) in [5, 5.41) is 13.9. The number of hydrogen-bond acceptors (Lipinski definition) is 6. The third-order valence-corrected chi connectivity index (χ3v) is 6.51. The molecule has 4 rings (SSSR count). The Hall–Kier alpha value is -4.86. The molecule has 1 saturated heterocycles. The zero-order valence-corrected chi connectivity index (χ0v) is 22.8. The molecule has 0 aliphatic carbocycles. The van der Waals surface area contributed by atoms with Crippen LogP contribution in [0.15, 0.2) is 78.9 Å². The minimum atomic E-state index is -0.533. The van der Waals surface area contributed by atoms with E-state index in [9.17, 15) is 19.2 Å². The van der Waals surface area contributed by atoms with E-state index >= 15 is 0 Å². The molecule has 1 aliphatic rings. The zero-order chi connectivity index (χ0) is 28.9. The number of unbranched alkanes of at least 4 members (excludes halogenated alkanes) is 1. The highest BCUT2D eigenvalue weighted by Gasteiger charge is 2.25. The van der Waals surface area contributed by atoms with E-state index in [2.05, 4.69) is 38.7 Å². The number of nitrogens with one attached hydrogen (secondary N) is 5. The van der Waals surface area contributed by atoms with Crippen LogP contribution in [0.2, 0.25) is 0 Å². The molecule has 1 heterocycles. The Labute approximate surface area is 239 Å². The van der Waals surface area contributed by atoms with Gasteiger partial charge in [0.1, 0.15) is 11.8 Å². The van der Waals surface area contributed by atoms with Crippen LogP contribution in [0.5, 0.6) is 5.75 Å². The van der Waals surface area contributed by atoms with Gasteiger partial charge in [-0.15, -0.1) is 0 Å². The summed E-state index contributed by atoms with van der Waals surface area (Å²) in [6, 6.07) is 24.2. The lowest BCUT2D eigenvalue weighted by Crippen LogP contribution is -2.56. The van der Waals surface area contributed by atoms with Gasteiger partial charge in [-0.1, -0.05) is 48.5 Å². The Morgan fingerprint density at radius 2 is 1.71 bits per heavy atom. The molecule has 10 heteroatoms. The van der Waals surface area contributed by atoms with Crippen molar-refractivity contribution in [3.05, 3.63) is 90.0 Å². The van der Waals surface area contributed by atoms with Crippen LogP contribution in [-0.4, -0.2) is 55.9 Å². The van der Waals surface area contributed by atoms with Gasteiger partial charge in [-0.3, -0.25) is 19.2 Å². The van der Waals surface area contributed by atoms with Gasteiger partial charge >= 0.3 is 0 Å². The summed E-state index contributed by atoms with van der Waals surface area (Å²) >= 11 is 0. The van der Waals surface area contributed by atoms with E-state index in [0.29, 0.717) is 43.7 Å². The SMILES string of the molecule is O=C(CNC(=O)c1ccccc1Nc1cccc(OCCc2ccccc2)c1)NCCCC[C@@H]1NC(=O)CNC1=O. The van der Waals surface area contributed by atoms with Crippen molar-refractivity contribution in [1.82, 2.24) is 21.3 Å². The summed E-state index contributed by atoms with van der Waals surface area (Å²) in [5.41, 5.74) is 2.98. The van der Waals surface area contributed by atoms with Crippen LogP contribution in [0.3, 0.4) is 0 Å². The summed E-state index contributed by atoms with van der Waals surface area (Å²) in [6.45, 7) is 0.789. The van der Waals surface area contributed by atoms with Gasteiger partial charge in [-0.25, -0.2) is 0 Å². The van der Waals surface area contributed by atoms with Crippen molar-refractivity contribution < 1.29 is 23.9 Å². The van der Waals surface area contributed by atoms with Crippen LogP contribution in [-0.2, 0) is 20.8 Å². The minimum Gasteiger partial charge on any atom is -0.493 e. The summed E-state index contributed by atoms with van der Waals surface area (Å²) in [4.78, 5) is 48.3. The van der Waals surface area contributed by atoms with E-state index in [1.165, 1.54) is 5.56 Å². The lowest BCUT2D eigenvalue weighted by atomic mass is 10.1. The third kappa shape index (κ3) is 9.38. The van der Waals surface area contributed by atoms with Crippen molar-refractivity contribution in [1.29, 1.82) is 0 Å². The Bertz CT molecular complexity index is 1350. The Morgan fingerprint density at radius 3 is 2.56 bits per heavy atom. The Kier molecular flexibility index (Phi) is 10.7. The summed E-state index contributed by atoms with van der Waals surface area (Å²) in [5.74, 6) is -0.361. The standard InChI is InChI=1S/C31H35N5O5/c37-28(32-17-7-6-15-27-31(40)34-21-29(38)36-27)20-33-30(39)25-13-4-5-14-26(25)35-23-11-8-12-24(19-23)41-18-16-22-9-2-1-3-10-22/h1-5,8-14,19,27,35H,6-7,15-18,20-21H2,(H,32,37)(H,33,39)(H,34,40)(H,36,38)/t27-/m0/s1. The van der Waals surface area contributed by atoms with E-state index < -0.39 is 6.04 Å². The highest BCUT2D eigenvalue weighted by Crippen LogP contribution is 2.24. The van der Waals surface area contributed by atoms with Crippen molar-refractivity contribution in [2.75, 3.05) is 31.6 Å². The monoisotopic (exact) mass is 557 g/mol. The zero-order valence-electron chi connectivity index (χ0n) is 22.8. The van der Waals surface area contributed by atoms with Crippen molar-refractivity contribution in [3.8, 4) is 5.75 Å². The number of amides is 4. The average Bonchev–Trinajstić information content (AvgIpc) is 2.98. The molecule has 1 fully saturated rings. The van der Waals surface area contributed by atoms with Gasteiger partial charge in [0.25, 0.3) is 5.91 Å². The van der Waals surface area contributed by atoms with E-state index in [1.807, 2.05) is 48.5 Å². The molecule has 0 unspecified atom stereocenters. The van der Waals surface area contributed by atoms with Gasteiger partial charge in [-0.2, -0.15) is 0 Å². The second kappa shape index (κ2) is 15.1. The van der Waals surface area contributed by atoms with Crippen molar-refractivity contribution in [2.45, 2.75) is 31.7 Å². The predicted molar refractivity (Wildman–Crippen MR) is 156 cm³/mol. The number of para-hydroxylation sites is 1. The first kappa shape index (κ1) is 29.1. The quantitative estimate of drug-likeness (QED) is 0.193. The fraction of sp³-hybridized carbons (Fsp3) is 0.290. The van der Waals surface area contributed by atoms with E-state index in [1.54, 1.807) is 18.2 Å². The molecule has 10 nitrogen and oxygen atoms in total. The summed E-state index contributed by atoms with van der Waals surface area (Å²) in [6.07, 6.45) is 2.59. The molecular weight excluding hydrogens is 522 g/mol. The van der Waals surface area contributed by atoms with Gasteiger partial charge in [-0.05, 0) is 49.1 Å². The topological polar surface area (TPSA) is 138 Å². The smallest absolute Gasteiger partial charge is 0.253 e. The first-order valence-corrected chi connectivity index (χ1v) is 13.7. The number of carbonyl (C=O) groups is 4. The number of piperazine rings is 1. The molecule has 5 N–H and O–H groups in total. The minimum absolute atomic E-state index is 0.00929. The molecule has 3 aromatic carbocycles. The van der Waals surface area contributed by atoms with Crippen LogP contribution >= 0.6 is 0 Å². The second-order valence-corrected chi connectivity index (χ2v) is 9.65. The molecule has 214 valence electrons. The van der Waals surface area contributed by atoms with E-state index in [4.69, 9.17) is 4.74 Å². The van der Waals surface area contributed by atoms with Crippen LogP contribution in [0, 0.1) is 0 Å². The molecule has 1 atom stereocenters. The number of ether oxygens (including phenoxy) is 1.